The van der Waals surface area contributed by atoms with Crippen molar-refractivity contribution >= 4 is 14.6 Å². The third kappa shape index (κ3) is 3.37. The Bertz CT molecular complexity index is 71.2. The van der Waals surface area contributed by atoms with Gasteiger partial charge in [-0.05, 0) is 0 Å². The zero-order chi connectivity index (χ0) is 4.99. The summed E-state index contributed by atoms with van der Waals surface area (Å²) in [4.78, 5) is 0. The summed E-state index contributed by atoms with van der Waals surface area (Å²) in [6.07, 6.45) is 0. The predicted octanol–water partition coefficient (Wildman–Crippen LogP) is -0.324. The van der Waals surface area contributed by atoms with E-state index >= 15 is 0 Å². The third-order valence-corrected chi connectivity index (χ3v) is 0.498. The largest absolute Gasteiger partial charge is 0.370 e. The molecule has 0 saturated heterocycles. The topological polar surface area (TPSA) is 79.0 Å². The lowest BCUT2D eigenvalue weighted by Gasteiger charge is -1.82. The first-order chi connectivity index (χ1) is 2.77. The van der Waals surface area contributed by atoms with Crippen molar-refractivity contribution in [2.75, 3.05) is 0 Å². The van der Waals surface area contributed by atoms with Gasteiger partial charge in [-0.2, -0.15) is 0 Å². The molecule has 0 radical (unpaired) electrons. The molecule has 0 unspecified atom stereocenters. The van der Waals surface area contributed by atoms with Crippen LogP contribution in [0.4, 0.5) is 0 Å². The Labute approximate surface area is 36.5 Å². The van der Waals surface area contributed by atoms with E-state index in [9.17, 15) is 4.57 Å². The van der Waals surface area contributed by atoms with Crippen molar-refractivity contribution in [3.63, 3.8) is 0 Å². The average molecular weight is 105 g/mol. The van der Waals surface area contributed by atoms with Crippen LogP contribution in [0.15, 0.2) is 0 Å². The quantitative estimate of drug-likeness (QED) is 0.243. The van der Waals surface area contributed by atoms with Crippen molar-refractivity contribution in [1.29, 1.82) is 5.41 Å². The Morgan fingerprint density at radius 1 is 2.00 bits per heavy atom. The Morgan fingerprint density at radius 3 is 2.50 bits per heavy atom. The molecule has 0 aliphatic heterocycles. The summed E-state index contributed by atoms with van der Waals surface area (Å²) < 4.78 is 9.38. The minimum atomic E-state index is -0.326. The van der Waals surface area contributed by atoms with E-state index < -0.39 is 0 Å². The van der Waals surface area contributed by atoms with Gasteiger partial charge < -0.3 is 5.73 Å². The maximum atomic E-state index is 9.38. The summed E-state index contributed by atoms with van der Waals surface area (Å²) in [5.74, 6) is -0.285. The highest BCUT2D eigenvalue weighted by Gasteiger charge is 1.75. The molecule has 34 valence electrons. The van der Waals surface area contributed by atoms with E-state index in [1.807, 2.05) is 5.09 Å². The van der Waals surface area contributed by atoms with Gasteiger partial charge in [-0.1, -0.05) is 0 Å². The molecule has 6 heavy (non-hydrogen) atoms. The second-order valence-electron chi connectivity index (χ2n) is 0.617. The smallest absolute Gasteiger partial charge is 0.281 e. The molecular weight excluding hydrogens is 101 g/mol. The van der Waals surface area contributed by atoms with Crippen LogP contribution in [0.3, 0.4) is 0 Å². The highest BCUT2D eigenvalue weighted by atomic mass is 31.1. The Kier molecular flexibility index (Phi) is 2.33. The van der Waals surface area contributed by atoms with Gasteiger partial charge in [0.15, 0.2) is 5.96 Å². The lowest BCUT2D eigenvalue weighted by Crippen LogP contribution is -2.21. The molecule has 0 spiro atoms. The number of nitrogens with two attached hydrogens (primary N) is 1. The summed E-state index contributed by atoms with van der Waals surface area (Å²) in [5.41, 5.74) is 4.67. The molecule has 4 nitrogen and oxygen atoms in total. The van der Waals surface area contributed by atoms with Crippen LogP contribution in [0.1, 0.15) is 0 Å². The standard InChI is InChI=1S/CH4N3OP/c2-1(3)4-6-5/h(H4,2,3,4,5). The third-order valence-electron chi connectivity index (χ3n) is 0.166. The van der Waals surface area contributed by atoms with Gasteiger partial charge in [-0.3, -0.25) is 10.5 Å². The predicted molar refractivity (Wildman–Crippen MR) is 22.7 cm³/mol. The molecule has 0 heterocycles. The molecule has 0 aliphatic rings. The normalized spacial score (nSPS) is 8.00. The number of rotatable bonds is 1. The molecule has 0 atom stereocenters. The minimum absolute atomic E-state index is 0.285. The summed E-state index contributed by atoms with van der Waals surface area (Å²) in [5, 5.41) is 8.34. The van der Waals surface area contributed by atoms with E-state index in [0.29, 0.717) is 0 Å². The van der Waals surface area contributed by atoms with E-state index in [1.54, 1.807) is 0 Å². The van der Waals surface area contributed by atoms with Gasteiger partial charge in [0.05, 0.1) is 0 Å². The van der Waals surface area contributed by atoms with Gasteiger partial charge in [-0.25, -0.2) is 4.57 Å². The number of hydrogen-bond acceptors (Lipinski definition) is 2. The van der Waals surface area contributed by atoms with Crippen LogP contribution in [-0.4, -0.2) is 5.96 Å². The Hall–Kier alpha value is -0.630. The molecule has 0 fully saturated rings. The summed E-state index contributed by atoms with van der Waals surface area (Å²) in [7, 11) is -0.326. The maximum Gasteiger partial charge on any atom is 0.281 e. The van der Waals surface area contributed by atoms with Crippen LogP contribution in [0.2, 0.25) is 0 Å². The molecule has 0 rings (SSSR count). The van der Waals surface area contributed by atoms with Crippen molar-refractivity contribution < 1.29 is 4.57 Å². The molecular formula is CH4N3OP. The van der Waals surface area contributed by atoms with Crippen LogP contribution in [0, 0.1) is 5.41 Å². The van der Waals surface area contributed by atoms with Crippen molar-refractivity contribution in [1.82, 2.24) is 5.09 Å². The first kappa shape index (κ1) is 5.37. The zero-order valence-corrected chi connectivity index (χ0v) is 3.83. The fourth-order valence-corrected chi connectivity index (χ4v) is 0.148. The van der Waals surface area contributed by atoms with Crippen molar-refractivity contribution in [3.05, 3.63) is 0 Å². The first-order valence-corrected chi connectivity index (χ1v) is 2.01. The fourth-order valence-electron chi connectivity index (χ4n) is 0.0492. The van der Waals surface area contributed by atoms with Crippen LogP contribution in [-0.2, 0) is 4.57 Å². The van der Waals surface area contributed by atoms with Gasteiger partial charge in [0, 0.05) is 0 Å². The van der Waals surface area contributed by atoms with E-state index in [4.69, 9.17) is 5.41 Å². The van der Waals surface area contributed by atoms with Gasteiger partial charge >= 0.3 is 0 Å². The van der Waals surface area contributed by atoms with Gasteiger partial charge in [0.1, 0.15) is 0 Å². The van der Waals surface area contributed by atoms with Gasteiger partial charge in [0.2, 0.25) is 0 Å². The molecule has 0 aromatic carbocycles. The Morgan fingerprint density at radius 2 is 2.50 bits per heavy atom. The van der Waals surface area contributed by atoms with Crippen LogP contribution in [0.5, 0.6) is 0 Å². The van der Waals surface area contributed by atoms with E-state index in [2.05, 4.69) is 5.73 Å². The average Bonchev–Trinajstić information content (AvgIpc) is 1.35. The van der Waals surface area contributed by atoms with Crippen molar-refractivity contribution in [2.45, 2.75) is 0 Å². The monoisotopic (exact) mass is 105 g/mol. The maximum absolute atomic E-state index is 9.38. The molecule has 0 bridgehead atoms. The highest BCUT2D eigenvalue weighted by Crippen LogP contribution is 1.73. The van der Waals surface area contributed by atoms with Crippen molar-refractivity contribution in [2.24, 2.45) is 5.73 Å². The van der Waals surface area contributed by atoms with Crippen LogP contribution >= 0.6 is 8.61 Å². The van der Waals surface area contributed by atoms with E-state index in [0.717, 1.165) is 0 Å². The first-order valence-electron chi connectivity index (χ1n) is 1.19. The van der Waals surface area contributed by atoms with E-state index in [1.165, 1.54) is 0 Å². The molecule has 0 amide bonds. The lowest BCUT2D eigenvalue weighted by atomic mass is 11.1. The zero-order valence-electron chi connectivity index (χ0n) is 2.93. The molecule has 4 N–H and O–H groups in total. The Balaban J connectivity index is 3.05. The number of nitrogens with one attached hydrogen (secondary N) is 2. The fraction of sp³-hybridized carbons (Fsp3) is 0. The summed E-state index contributed by atoms with van der Waals surface area (Å²) in [6, 6.07) is 0. The van der Waals surface area contributed by atoms with Gasteiger partial charge in [0.25, 0.3) is 8.61 Å². The summed E-state index contributed by atoms with van der Waals surface area (Å²) in [6.45, 7) is 0. The SMILES string of the molecule is N=C(N)NP=O. The van der Waals surface area contributed by atoms with Gasteiger partial charge in [-0.15, -0.1) is 0 Å². The minimum Gasteiger partial charge on any atom is -0.370 e. The van der Waals surface area contributed by atoms with Crippen LogP contribution < -0.4 is 10.8 Å². The van der Waals surface area contributed by atoms with Crippen LogP contribution in [0.25, 0.3) is 0 Å². The second kappa shape index (κ2) is 2.60. The molecule has 5 heteroatoms. The lowest BCUT2D eigenvalue weighted by molar-refractivity contribution is 0.597. The summed E-state index contributed by atoms with van der Waals surface area (Å²) >= 11 is 0. The molecule has 0 aromatic rings. The number of guanidine groups is 1. The van der Waals surface area contributed by atoms with Crippen molar-refractivity contribution in [3.8, 4) is 0 Å². The highest BCUT2D eigenvalue weighted by molar-refractivity contribution is 7.22. The molecule has 0 aliphatic carbocycles. The van der Waals surface area contributed by atoms with E-state index in [-0.39, 0.29) is 14.6 Å². The molecule has 0 aromatic heterocycles. The molecule has 0 saturated carbocycles. The second-order valence-corrected chi connectivity index (χ2v) is 1.02. The number of hydrogen-bond donors (Lipinski definition) is 3.